The Morgan fingerprint density at radius 2 is 2.32 bits per heavy atom. The molecule has 0 saturated carbocycles. The molecule has 22 heavy (non-hydrogen) atoms. The number of rotatable bonds is 5. The van der Waals surface area contributed by atoms with Crippen LogP contribution in [-0.2, 0) is 4.79 Å². The van der Waals surface area contributed by atoms with Gasteiger partial charge in [0.15, 0.2) is 0 Å². The minimum Gasteiger partial charge on any atom is -0.333 e. The van der Waals surface area contributed by atoms with Crippen LogP contribution < -0.4 is 5.32 Å². The van der Waals surface area contributed by atoms with Crippen LogP contribution in [0, 0.1) is 0 Å². The van der Waals surface area contributed by atoms with E-state index in [1.807, 2.05) is 28.7 Å². The molecule has 1 aromatic heterocycles. The van der Waals surface area contributed by atoms with Crippen LogP contribution in [0.1, 0.15) is 24.9 Å². The van der Waals surface area contributed by atoms with E-state index in [4.69, 9.17) is 0 Å². The first-order valence-electron chi connectivity index (χ1n) is 7.40. The molecule has 0 fully saturated rings. The standard InChI is InChI=1S/C16H19N3O2S/c1-3-6-18-9-12-13(15(18)20)14(11-5-8-22-10-11)17-16(21)19(12)7-4-2/h4-5,8,10,14H,2-3,6-7,9H2,1H3,(H,17,21). The van der Waals surface area contributed by atoms with Gasteiger partial charge in [-0.3, -0.25) is 9.69 Å². The van der Waals surface area contributed by atoms with Crippen LogP contribution in [0.25, 0.3) is 0 Å². The molecular weight excluding hydrogens is 298 g/mol. The van der Waals surface area contributed by atoms with E-state index in [2.05, 4.69) is 11.9 Å². The zero-order chi connectivity index (χ0) is 15.7. The SMILES string of the molecule is C=CCN1C(=O)NC(c2ccsc2)C2=C1CN(CCC)C2=O. The minimum absolute atomic E-state index is 0.0297. The normalized spacial score (nSPS) is 21.2. The van der Waals surface area contributed by atoms with Gasteiger partial charge in [-0.15, -0.1) is 6.58 Å². The maximum absolute atomic E-state index is 12.8. The van der Waals surface area contributed by atoms with Crippen LogP contribution >= 0.6 is 11.3 Å². The van der Waals surface area contributed by atoms with Crippen molar-refractivity contribution in [2.75, 3.05) is 19.6 Å². The van der Waals surface area contributed by atoms with E-state index >= 15 is 0 Å². The average molecular weight is 317 g/mol. The van der Waals surface area contributed by atoms with Gasteiger partial charge in [-0.2, -0.15) is 11.3 Å². The quantitative estimate of drug-likeness (QED) is 0.848. The second kappa shape index (κ2) is 5.96. The molecule has 5 nitrogen and oxygen atoms in total. The Labute approximate surface area is 133 Å². The molecule has 0 aromatic carbocycles. The summed E-state index contributed by atoms with van der Waals surface area (Å²) in [7, 11) is 0. The highest BCUT2D eigenvalue weighted by molar-refractivity contribution is 7.08. The van der Waals surface area contributed by atoms with E-state index in [0.717, 1.165) is 17.7 Å². The maximum Gasteiger partial charge on any atom is 0.322 e. The second-order valence-corrected chi connectivity index (χ2v) is 6.21. The van der Waals surface area contributed by atoms with Crippen LogP contribution in [0.4, 0.5) is 4.79 Å². The number of nitrogens with zero attached hydrogens (tertiary/aromatic N) is 2. The summed E-state index contributed by atoms with van der Waals surface area (Å²) in [6.45, 7) is 7.37. The molecule has 1 N–H and O–H groups in total. The molecule has 2 aliphatic heterocycles. The smallest absolute Gasteiger partial charge is 0.322 e. The summed E-state index contributed by atoms with van der Waals surface area (Å²) < 4.78 is 0. The summed E-state index contributed by atoms with van der Waals surface area (Å²) in [6, 6.07) is 1.45. The van der Waals surface area contributed by atoms with Crippen LogP contribution in [0.15, 0.2) is 40.8 Å². The summed E-state index contributed by atoms with van der Waals surface area (Å²) in [5.41, 5.74) is 2.49. The maximum atomic E-state index is 12.8. The van der Waals surface area contributed by atoms with Gasteiger partial charge in [0.1, 0.15) is 0 Å². The van der Waals surface area contributed by atoms with Crippen molar-refractivity contribution in [1.29, 1.82) is 0 Å². The predicted molar refractivity (Wildman–Crippen MR) is 86.4 cm³/mol. The first kappa shape index (κ1) is 14.8. The third-order valence-electron chi connectivity index (χ3n) is 3.98. The summed E-state index contributed by atoms with van der Waals surface area (Å²) in [4.78, 5) is 28.6. The molecule has 0 radical (unpaired) electrons. The highest BCUT2D eigenvalue weighted by Gasteiger charge is 2.43. The average Bonchev–Trinajstić information content (AvgIpc) is 3.12. The van der Waals surface area contributed by atoms with Gasteiger partial charge in [0, 0.05) is 13.1 Å². The topological polar surface area (TPSA) is 52.7 Å². The largest absolute Gasteiger partial charge is 0.333 e. The molecule has 0 bridgehead atoms. The minimum atomic E-state index is -0.343. The van der Waals surface area contributed by atoms with Crippen molar-refractivity contribution in [2.45, 2.75) is 19.4 Å². The van der Waals surface area contributed by atoms with Gasteiger partial charge in [0.2, 0.25) is 0 Å². The third-order valence-corrected chi connectivity index (χ3v) is 4.68. The highest BCUT2D eigenvalue weighted by Crippen LogP contribution is 2.36. The molecule has 6 heteroatoms. The van der Waals surface area contributed by atoms with Gasteiger partial charge < -0.3 is 10.2 Å². The molecule has 3 rings (SSSR count). The van der Waals surface area contributed by atoms with Crippen LogP contribution in [0.2, 0.25) is 0 Å². The number of thiophene rings is 1. The fourth-order valence-corrected chi connectivity index (χ4v) is 3.70. The first-order chi connectivity index (χ1) is 10.7. The van der Waals surface area contributed by atoms with E-state index < -0.39 is 0 Å². The van der Waals surface area contributed by atoms with Crippen molar-refractivity contribution < 1.29 is 9.59 Å². The molecule has 3 amide bonds. The number of carbonyl (C=O) groups is 2. The highest BCUT2D eigenvalue weighted by atomic mass is 32.1. The molecule has 0 spiro atoms. The molecule has 1 unspecified atom stereocenters. The van der Waals surface area contributed by atoms with Gasteiger partial charge in [0.05, 0.1) is 23.9 Å². The lowest BCUT2D eigenvalue weighted by Gasteiger charge is -2.32. The summed E-state index contributed by atoms with van der Waals surface area (Å²) in [6.07, 6.45) is 2.58. The van der Waals surface area contributed by atoms with Gasteiger partial charge in [-0.25, -0.2) is 4.79 Å². The van der Waals surface area contributed by atoms with E-state index in [-0.39, 0.29) is 18.0 Å². The van der Waals surface area contributed by atoms with Crippen molar-refractivity contribution in [1.82, 2.24) is 15.1 Å². The zero-order valence-corrected chi connectivity index (χ0v) is 13.4. The van der Waals surface area contributed by atoms with Crippen molar-refractivity contribution in [3.63, 3.8) is 0 Å². The summed E-state index contributed by atoms with van der Waals surface area (Å²) >= 11 is 1.56. The number of urea groups is 1. The second-order valence-electron chi connectivity index (χ2n) is 5.43. The molecule has 0 saturated heterocycles. The lowest BCUT2D eigenvalue weighted by atomic mass is 9.98. The fourth-order valence-electron chi connectivity index (χ4n) is 3.01. The number of carbonyl (C=O) groups excluding carboxylic acids is 2. The van der Waals surface area contributed by atoms with Gasteiger partial charge in [-0.1, -0.05) is 13.0 Å². The van der Waals surface area contributed by atoms with Crippen LogP contribution in [0.5, 0.6) is 0 Å². The van der Waals surface area contributed by atoms with Crippen molar-refractivity contribution in [3.8, 4) is 0 Å². The van der Waals surface area contributed by atoms with Crippen molar-refractivity contribution >= 4 is 23.3 Å². The Balaban J connectivity index is 2.03. The lowest BCUT2D eigenvalue weighted by molar-refractivity contribution is -0.125. The Hall–Kier alpha value is -2.08. The van der Waals surface area contributed by atoms with Gasteiger partial charge >= 0.3 is 6.03 Å². The van der Waals surface area contributed by atoms with Gasteiger partial charge in [-0.05, 0) is 28.8 Å². The molecule has 3 heterocycles. The number of hydrogen-bond acceptors (Lipinski definition) is 3. The fraction of sp³-hybridized carbons (Fsp3) is 0.375. The predicted octanol–water partition coefficient (Wildman–Crippen LogP) is 2.51. The van der Waals surface area contributed by atoms with E-state index in [0.29, 0.717) is 25.2 Å². The summed E-state index contributed by atoms with van der Waals surface area (Å²) in [5.74, 6) is 0.0297. The number of nitrogens with one attached hydrogen (secondary N) is 1. The Bertz CT molecular complexity index is 636. The molecule has 2 aliphatic rings. The molecule has 0 aliphatic carbocycles. The van der Waals surface area contributed by atoms with Crippen LogP contribution in [-0.4, -0.2) is 41.4 Å². The number of hydrogen-bond donors (Lipinski definition) is 1. The van der Waals surface area contributed by atoms with Gasteiger partial charge in [0.25, 0.3) is 5.91 Å². The molecule has 1 aromatic rings. The lowest BCUT2D eigenvalue weighted by Crippen LogP contribution is -2.47. The Morgan fingerprint density at radius 1 is 1.50 bits per heavy atom. The number of amides is 3. The van der Waals surface area contributed by atoms with E-state index in [1.54, 1.807) is 22.3 Å². The first-order valence-corrected chi connectivity index (χ1v) is 8.35. The molecular formula is C16H19N3O2S. The monoisotopic (exact) mass is 317 g/mol. The van der Waals surface area contributed by atoms with E-state index in [1.165, 1.54) is 0 Å². The molecule has 1 atom stereocenters. The van der Waals surface area contributed by atoms with E-state index in [9.17, 15) is 9.59 Å². The van der Waals surface area contributed by atoms with Crippen LogP contribution in [0.3, 0.4) is 0 Å². The van der Waals surface area contributed by atoms with Crippen molar-refractivity contribution in [2.24, 2.45) is 0 Å². The zero-order valence-electron chi connectivity index (χ0n) is 12.5. The van der Waals surface area contributed by atoms with Crippen molar-refractivity contribution in [3.05, 3.63) is 46.3 Å². The summed E-state index contributed by atoms with van der Waals surface area (Å²) in [5, 5.41) is 6.90. The Morgan fingerprint density at radius 3 is 2.95 bits per heavy atom. The molecule has 116 valence electrons. The third kappa shape index (κ3) is 2.33. The Kier molecular flexibility index (Phi) is 4.02.